The van der Waals surface area contributed by atoms with Gasteiger partial charge in [0.05, 0.1) is 0 Å². The summed E-state index contributed by atoms with van der Waals surface area (Å²) in [6, 6.07) is 0. The molecule has 1 aromatic rings. The summed E-state index contributed by atoms with van der Waals surface area (Å²) in [4.78, 5) is 12.0. The number of aryl methyl sites for hydroxylation is 3. The van der Waals surface area contributed by atoms with Gasteiger partial charge >= 0.3 is 0 Å². The van der Waals surface area contributed by atoms with Gasteiger partial charge in [0.1, 0.15) is 17.5 Å². The van der Waals surface area contributed by atoms with Gasteiger partial charge in [-0.2, -0.15) is 0 Å². The summed E-state index contributed by atoms with van der Waals surface area (Å²) in [5.74, 6) is 2.38. The van der Waals surface area contributed by atoms with E-state index in [0.717, 1.165) is 17.5 Å². The minimum atomic E-state index is 0. The minimum Gasteiger partial charge on any atom is -0.219 e. The molecular weight excluding hydrogens is 165 g/mol. The van der Waals surface area contributed by atoms with Crippen LogP contribution in [0, 0.1) is 20.8 Å². The molecule has 0 aliphatic heterocycles. The van der Waals surface area contributed by atoms with Gasteiger partial charge in [-0.05, 0) is 20.8 Å². The van der Waals surface area contributed by atoms with E-state index in [9.17, 15) is 0 Å². The van der Waals surface area contributed by atoms with Gasteiger partial charge in [0.15, 0.2) is 0 Å². The second-order valence-corrected chi connectivity index (χ2v) is 1.98. The van der Waals surface area contributed by atoms with Crippen LogP contribution >= 0.6 is 0 Å². The van der Waals surface area contributed by atoms with E-state index in [1.807, 2.05) is 20.8 Å². The van der Waals surface area contributed by atoms with Crippen LogP contribution in [0.5, 0.6) is 0 Å². The fourth-order valence-electron chi connectivity index (χ4n) is 0.777. The largest absolute Gasteiger partial charge is 0.219 e. The molecule has 0 saturated heterocycles. The zero-order valence-corrected chi connectivity index (χ0v) is 7.69. The van der Waals surface area contributed by atoms with Gasteiger partial charge in [-0.25, -0.2) is 15.0 Å². The molecule has 0 bridgehead atoms. The summed E-state index contributed by atoms with van der Waals surface area (Å²) in [5, 5.41) is 0. The fraction of sp³-hybridized carbons (Fsp3) is 0.500. The Balaban J connectivity index is 0.000000810. The van der Waals surface area contributed by atoms with Gasteiger partial charge in [0.25, 0.3) is 0 Å². The maximum atomic E-state index is 4.01. The molecule has 1 radical (unpaired) electrons. The summed E-state index contributed by atoms with van der Waals surface area (Å²) in [6.07, 6.45) is 0. The van der Waals surface area contributed by atoms with E-state index in [4.69, 9.17) is 0 Å². The van der Waals surface area contributed by atoms with Crippen molar-refractivity contribution in [2.45, 2.75) is 20.8 Å². The third-order valence-electron chi connectivity index (χ3n) is 0.971. The monoisotopic (exact) mass is 174 g/mol. The van der Waals surface area contributed by atoms with Crippen LogP contribution in [-0.2, 0) is 18.6 Å². The van der Waals surface area contributed by atoms with E-state index in [0.29, 0.717) is 0 Å². The van der Waals surface area contributed by atoms with Crippen molar-refractivity contribution >= 4 is 0 Å². The number of aromatic nitrogens is 3. The molecular formula is C6H9N3V. The quantitative estimate of drug-likeness (QED) is 0.583. The summed E-state index contributed by atoms with van der Waals surface area (Å²) >= 11 is 0. The van der Waals surface area contributed by atoms with E-state index >= 15 is 0 Å². The Kier molecular flexibility index (Phi) is 3.54. The number of rotatable bonds is 0. The maximum Gasteiger partial charge on any atom is 0.129 e. The van der Waals surface area contributed by atoms with Gasteiger partial charge in [0.2, 0.25) is 0 Å². The van der Waals surface area contributed by atoms with Crippen LogP contribution in [0.15, 0.2) is 0 Å². The molecule has 0 spiro atoms. The Morgan fingerprint density at radius 3 is 1.10 bits per heavy atom. The van der Waals surface area contributed by atoms with Gasteiger partial charge in [-0.15, -0.1) is 0 Å². The third-order valence-corrected chi connectivity index (χ3v) is 0.971. The van der Waals surface area contributed by atoms with Crippen LogP contribution in [0.3, 0.4) is 0 Å². The van der Waals surface area contributed by atoms with Crippen molar-refractivity contribution in [2.24, 2.45) is 0 Å². The van der Waals surface area contributed by atoms with Gasteiger partial charge in [0, 0.05) is 18.6 Å². The zero-order chi connectivity index (χ0) is 6.85. The first kappa shape index (κ1) is 9.59. The average molecular weight is 174 g/mol. The minimum absolute atomic E-state index is 0. The normalized spacial score (nSPS) is 8.70. The summed E-state index contributed by atoms with van der Waals surface area (Å²) in [5.41, 5.74) is 0. The molecule has 4 heteroatoms. The van der Waals surface area contributed by atoms with Crippen molar-refractivity contribution in [3.8, 4) is 0 Å². The first-order valence-electron chi connectivity index (χ1n) is 2.84. The Morgan fingerprint density at radius 2 is 0.900 bits per heavy atom. The Bertz CT molecular complexity index is 174. The van der Waals surface area contributed by atoms with Crippen molar-refractivity contribution in [3.05, 3.63) is 17.5 Å². The smallest absolute Gasteiger partial charge is 0.129 e. The summed E-state index contributed by atoms with van der Waals surface area (Å²) in [7, 11) is 0. The van der Waals surface area contributed by atoms with E-state index in [1.54, 1.807) is 0 Å². The molecule has 0 aromatic carbocycles. The fourth-order valence-corrected chi connectivity index (χ4v) is 0.777. The maximum absolute atomic E-state index is 4.01. The van der Waals surface area contributed by atoms with Crippen LogP contribution in [0.25, 0.3) is 0 Å². The summed E-state index contributed by atoms with van der Waals surface area (Å²) in [6.45, 7) is 5.59. The van der Waals surface area contributed by atoms with Crippen LogP contribution in [0.2, 0.25) is 0 Å². The van der Waals surface area contributed by atoms with Crippen molar-refractivity contribution < 1.29 is 18.6 Å². The number of hydrogen-bond acceptors (Lipinski definition) is 3. The number of nitrogens with zero attached hydrogens (tertiary/aromatic N) is 3. The van der Waals surface area contributed by atoms with Crippen LogP contribution in [0.1, 0.15) is 17.5 Å². The second kappa shape index (κ2) is 3.69. The molecule has 0 aliphatic carbocycles. The van der Waals surface area contributed by atoms with E-state index in [1.165, 1.54) is 0 Å². The molecule has 0 N–H and O–H groups in total. The first-order chi connectivity index (χ1) is 4.18. The van der Waals surface area contributed by atoms with Crippen LogP contribution < -0.4 is 0 Å². The molecule has 0 unspecified atom stereocenters. The summed E-state index contributed by atoms with van der Waals surface area (Å²) < 4.78 is 0. The van der Waals surface area contributed by atoms with Crippen LogP contribution in [0.4, 0.5) is 0 Å². The molecule has 53 valence electrons. The van der Waals surface area contributed by atoms with E-state index < -0.39 is 0 Å². The Labute approximate surface area is 72.2 Å². The van der Waals surface area contributed by atoms with Crippen molar-refractivity contribution in [1.82, 2.24) is 15.0 Å². The predicted molar refractivity (Wildman–Crippen MR) is 34.0 cm³/mol. The van der Waals surface area contributed by atoms with Crippen LogP contribution in [-0.4, -0.2) is 15.0 Å². The predicted octanol–water partition coefficient (Wildman–Crippen LogP) is 0.794. The van der Waals surface area contributed by atoms with Gasteiger partial charge < -0.3 is 0 Å². The molecule has 0 atom stereocenters. The molecule has 0 fully saturated rings. The molecule has 0 saturated carbocycles. The third kappa shape index (κ3) is 2.46. The molecule has 1 aromatic heterocycles. The average Bonchev–Trinajstić information content (AvgIpc) is 1.59. The first-order valence-corrected chi connectivity index (χ1v) is 2.84. The Morgan fingerprint density at radius 1 is 0.700 bits per heavy atom. The number of hydrogen-bond donors (Lipinski definition) is 0. The molecule has 1 heterocycles. The second-order valence-electron chi connectivity index (χ2n) is 1.98. The molecule has 10 heavy (non-hydrogen) atoms. The van der Waals surface area contributed by atoms with E-state index in [2.05, 4.69) is 15.0 Å². The Hall–Kier alpha value is -0.406. The van der Waals surface area contributed by atoms with Gasteiger partial charge in [-0.3, -0.25) is 0 Å². The molecule has 3 nitrogen and oxygen atoms in total. The van der Waals surface area contributed by atoms with E-state index in [-0.39, 0.29) is 18.6 Å². The topological polar surface area (TPSA) is 38.7 Å². The van der Waals surface area contributed by atoms with Crippen molar-refractivity contribution in [3.63, 3.8) is 0 Å². The molecule has 0 aliphatic rings. The molecule has 1 rings (SSSR count). The van der Waals surface area contributed by atoms with Gasteiger partial charge in [-0.1, -0.05) is 0 Å². The molecule has 0 amide bonds. The SMILES string of the molecule is Cc1nc(C)nc(C)n1.[V]. The van der Waals surface area contributed by atoms with Crippen molar-refractivity contribution in [1.29, 1.82) is 0 Å². The van der Waals surface area contributed by atoms with Crippen molar-refractivity contribution in [2.75, 3.05) is 0 Å². The standard InChI is InChI=1S/C6H9N3.V/c1-4-7-5(2)9-6(3)8-4;/h1-3H3;. The zero-order valence-electron chi connectivity index (χ0n) is 6.29.